The van der Waals surface area contributed by atoms with Crippen LogP contribution in [0.5, 0.6) is 5.75 Å². The van der Waals surface area contributed by atoms with Gasteiger partial charge in [0.15, 0.2) is 5.78 Å². The number of carbonyl (C=O) groups excluding carboxylic acids is 2. The van der Waals surface area contributed by atoms with Gasteiger partial charge in [-0.3, -0.25) is 4.79 Å². The van der Waals surface area contributed by atoms with Crippen molar-refractivity contribution < 1.29 is 24.2 Å². The maximum absolute atomic E-state index is 12.6. The molecule has 130 valence electrons. The van der Waals surface area contributed by atoms with Crippen LogP contribution in [-0.2, 0) is 19.9 Å². The number of ketones is 1. The third kappa shape index (κ3) is 3.36. The van der Waals surface area contributed by atoms with E-state index in [1.54, 1.807) is 37.3 Å². The third-order valence-corrected chi connectivity index (χ3v) is 4.27. The van der Waals surface area contributed by atoms with E-state index in [1.807, 2.05) is 13.8 Å². The zero-order valence-electron chi connectivity index (χ0n) is 14.6. The largest absolute Gasteiger partial charge is 0.497 e. The molecular formula is C19H24O5. The summed E-state index contributed by atoms with van der Waals surface area (Å²) in [5.74, 6) is -0.484. The Morgan fingerprint density at radius 1 is 1.29 bits per heavy atom. The van der Waals surface area contributed by atoms with Crippen LogP contribution in [0.15, 0.2) is 35.9 Å². The fourth-order valence-electron chi connectivity index (χ4n) is 2.89. The van der Waals surface area contributed by atoms with E-state index in [1.165, 1.54) is 7.11 Å². The zero-order valence-corrected chi connectivity index (χ0v) is 14.6. The summed E-state index contributed by atoms with van der Waals surface area (Å²) in [4.78, 5) is 25.1. The highest BCUT2D eigenvalue weighted by Crippen LogP contribution is 2.40. The van der Waals surface area contributed by atoms with Gasteiger partial charge in [0.05, 0.1) is 13.7 Å². The quantitative estimate of drug-likeness (QED) is 0.839. The van der Waals surface area contributed by atoms with Gasteiger partial charge in [0.2, 0.25) is 5.60 Å². The molecule has 1 aliphatic rings. The Balaban J connectivity index is 2.53. The number of hydrogen-bond acceptors (Lipinski definition) is 5. The van der Waals surface area contributed by atoms with Crippen molar-refractivity contribution in [1.82, 2.24) is 0 Å². The summed E-state index contributed by atoms with van der Waals surface area (Å²) in [5.41, 5.74) is -1.90. The van der Waals surface area contributed by atoms with E-state index in [-0.39, 0.29) is 29.8 Å². The highest BCUT2D eigenvalue weighted by molar-refractivity contribution is 6.05. The van der Waals surface area contributed by atoms with E-state index in [2.05, 4.69) is 0 Å². The summed E-state index contributed by atoms with van der Waals surface area (Å²) in [6.45, 7) is 5.74. The molecule has 1 atom stereocenters. The summed E-state index contributed by atoms with van der Waals surface area (Å²) in [6, 6.07) is 6.42. The summed E-state index contributed by atoms with van der Waals surface area (Å²) in [7, 11) is 1.53. The normalized spacial score (nSPS) is 19.2. The maximum atomic E-state index is 12.6. The van der Waals surface area contributed by atoms with Crippen LogP contribution >= 0.6 is 0 Å². The molecule has 0 bridgehead atoms. The number of methoxy groups -OCH3 is 1. The van der Waals surface area contributed by atoms with Gasteiger partial charge in [0, 0.05) is 12.0 Å². The Morgan fingerprint density at radius 2 is 1.92 bits per heavy atom. The first-order chi connectivity index (χ1) is 11.2. The highest BCUT2D eigenvalue weighted by Gasteiger charge is 2.48. The molecule has 1 aromatic carbocycles. The third-order valence-electron chi connectivity index (χ3n) is 4.27. The Hall–Kier alpha value is -2.14. The standard InChI is InChI=1S/C19H24O5/c1-5-24-17(21)19(22,13-6-8-14(23-4)9-7-13)15-10-11-18(2,3)12-16(15)20/h6-10,22H,5,11-12H2,1-4H3. The number of ether oxygens (including phenoxy) is 2. The molecule has 1 unspecified atom stereocenters. The van der Waals surface area contributed by atoms with Crippen LogP contribution in [0.1, 0.15) is 39.2 Å². The second-order valence-electron chi connectivity index (χ2n) is 6.75. The average molecular weight is 332 g/mol. The van der Waals surface area contributed by atoms with Crippen molar-refractivity contribution >= 4 is 11.8 Å². The van der Waals surface area contributed by atoms with Gasteiger partial charge in [-0.15, -0.1) is 0 Å². The molecule has 0 saturated heterocycles. The van der Waals surface area contributed by atoms with Crippen LogP contribution in [0.3, 0.4) is 0 Å². The number of allylic oxidation sites excluding steroid dienone is 1. The van der Waals surface area contributed by atoms with Crippen molar-refractivity contribution in [3.63, 3.8) is 0 Å². The van der Waals surface area contributed by atoms with Crippen molar-refractivity contribution in [2.45, 2.75) is 39.2 Å². The summed E-state index contributed by atoms with van der Waals surface area (Å²) in [6.07, 6.45) is 2.54. The van der Waals surface area contributed by atoms with Gasteiger partial charge >= 0.3 is 5.97 Å². The molecule has 1 N–H and O–H groups in total. The second kappa shape index (κ2) is 6.77. The van der Waals surface area contributed by atoms with Crippen LogP contribution in [0.2, 0.25) is 0 Å². The molecular weight excluding hydrogens is 308 g/mol. The average Bonchev–Trinajstić information content (AvgIpc) is 2.53. The molecule has 0 fully saturated rings. The van der Waals surface area contributed by atoms with Gasteiger partial charge in [-0.2, -0.15) is 0 Å². The molecule has 0 heterocycles. The van der Waals surface area contributed by atoms with Gasteiger partial charge in [-0.25, -0.2) is 4.79 Å². The van der Waals surface area contributed by atoms with Gasteiger partial charge in [-0.1, -0.05) is 32.1 Å². The van der Waals surface area contributed by atoms with E-state index >= 15 is 0 Å². The van der Waals surface area contributed by atoms with Crippen LogP contribution in [0.25, 0.3) is 0 Å². The van der Waals surface area contributed by atoms with Gasteiger partial charge in [-0.05, 0) is 36.5 Å². The first kappa shape index (κ1) is 18.2. The van der Waals surface area contributed by atoms with Crippen LogP contribution in [0, 0.1) is 5.41 Å². The predicted octanol–water partition coefficient (Wildman–Crippen LogP) is 2.76. The van der Waals surface area contributed by atoms with Crippen molar-refractivity contribution in [2.24, 2.45) is 5.41 Å². The molecule has 2 rings (SSSR count). The molecule has 0 amide bonds. The lowest BCUT2D eigenvalue weighted by Crippen LogP contribution is -2.44. The molecule has 5 nitrogen and oxygen atoms in total. The second-order valence-corrected chi connectivity index (χ2v) is 6.75. The summed E-state index contributed by atoms with van der Waals surface area (Å²) in [5, 5.41) is 11.2. The lowest BCUT2D eigenvalue weighted by Gasteiger charge is -2.34. The molecule has 0 aliphatic heterocycles. The van der Waals surface area contributed by atoms with E-state index in [4.69, 9.17) is 9.47 Å². The molecule has 1 aromatic rings. The Kier molecular flexibility index (Phi) is 5.13. The lowest BCUT2D eigenvalue weighted by molar-refractivity contribution is -0.163. The fourth-order valence-corrected chi connectivity index (χ4v) is 2.89. The Labute approximate surface area is 142 Å². The molecule has 0 saturated carbocycles. The number of esters is 1. The minimum Gasteiger partial charge on any atom is -0.497 e. The van der Waals surface area contributed by atoms with E-state index in [9.17, 15) is 14.7 Å². The Bertz CT molecular complexity index is 657. The van der Waals surface area contributed by atoms with Crippen LogP contribution in [-0.4, -0.2) is 30.6 Å². The van der Waals surface area contributed by atoms with Crippen molar-refractivity contribution in [3.05, 3.63) is 41.5 Å². The number of carbonyl (C=O) groups is 2. The van der Waals surface area contributed by atoms with E-state index in [0.717, 1.165) is 0 Å². The van der Waals surface area contributed by atoms with Gasteiger partial charge in [0.25, 0.3) is 0 Å². The first-order valence-corrected chi connectivity index (χ1v) is 8.02. The first-order valence-electron chi connectivity index (χ1n) is 8.02. The molecule has 5 heteroatoms. The Morgan fingerprint density at radius 3 is 2.42 bits per heavy atom. The fraction of sp³-hybridized carbons (Fsp3) is 0.474. The number of Topliss-reactive ketones (excluding diaryl/α,β-unsaturated/α-hetero) is 1. The number of hydrogen-bond donors (Lipinski definition) is 1. The number of benzene rings is 1. The summed E-state index contributed by atoms with van der Waals surface area (Å²) >= 11 is 0. The predicted molar refractivity (Wildman–Crippen MR) is 89.6 cm³/mol. The van der Waals surface area contributed by atoms with Crippen molar-refractivity contribution in [3.8, 4) is 5.75 Å². The topological polar surface area (TPSA) is 72.8 Å². The van der Waals surface area contributed by atoms with Crippen LogP contribution in [0.4, 0.5) is 0 Å². The van der Waals surface area contributed by atoms with Gasteiger partial charge in [0.1, 0.15) is 5.75 Å². The molecule has 1 aliphatic carbocycles. The van der Waals surface area contributed by atoms with E-state index < -0.39 is 11.6 Å². The molecule has 0 spiro atoms. The lowest BCUT2D eigenvalue weighted by atomic mass is 9.72. The van der Waals surface area contributed by atoms with E-state index in [0.29, 0.717) is 17.7 Å². The minimum atomic E-state index is -2.10. The number of rotatable bonds is 5. The summed E-state index contributed by atoms with van der Waals surface area (Å²) < 4.78 is 10.2. The van der Waals surface area contributed by atoms with Crippen molar-refractivity contribution in [1.29, 1.82) is 0 Å². The maximum Gasteiger partial charge on any atom is 0.347 e. The SMILES string of the molecule is CCOC(=O)C(O)(C1=CCC(C)(C)CC1=O)c1ccc(OC)cc1. The molecule has 24 heavy (non-hydrogen) atoms. The smallest absolute Gasteiger partial charge is 0.347 e. The molecule has 0 aromatic heterocycles. The minimum absolute atomic E-state index is 0.0884. The van der Waals surface area contributed by atoms with Crippen molar-refractivity contribution in [2.75, 3.05) is 13.7 Å². The monoisotopic (exact) mass is 332 g/mol. The van der Waals surface area contributed by atoms with Crippen LogP contribution < -0.4 is 4.74 Å². The van der Waals surface area contributed by atoms with Gasteiger partial charge < -0.3 is 14.6 Å². The highest BCUT2D eigenvalue weighted by atomic mass is 16.5. The number of aliphatic hydroxyl groups is 1. The zero-order chi connectivity index (χ0) is 18.0. The molecule has 0 radical (unpaired) electrons.